The molecular weight excluding hydrogens is 344 g/mol. The van der Waals surface area contributed by atoms with Crippen molar-refractivity contribution >= 4 is 22.1 Å². The third-order valence-corrected chi connectivity index (χ3v) is 6.60. The van der Waals surface area contributed by atoms with E-state index < -0.39 is 10.2 Å². The normalized spacial score (nSPS) is 23.3. The summed E-state index contributed by atoms with van der Waals surface area (Å²) < 4.78 is 32.3. The Bertz CT molecular complexity index is 744. The number of pyridine rings is 1. The quantitative estimate of drug-likeness (QED) is 0.802. The molecule has 1 atom stereocenters. The Kier molecular flexibility index (Phi) is 4.99. The van der Waals surface area contributed by atoms with E-state index in [9.17, 15) is 13.2 Å². The van der Waals surface area contributed by atoms with Gasteiger partial charge in [0.25, 0.3) is 10.2 Å². The highest BCUT2D eigenvalue weighted by Gasteiger charge is 2.32. The predicted molar refractivity (Wildman–Crippen MR) is 93.7 cm³/mol. The number of cyclic esters (lactones) is 1. The average molecular weight is 368 g/mol. The second kappa shape index (κ2) is 6.89. The van der Waals surface area contributed by atoms with Crippen molar-refractivity contribution in [3.05, 3.63) is 23.9 Å². The largest absolute Gasteiger partial charge is 0.444 e. The topological polar surface area (TPSA) is 83.1 Å². The van der Waals surface area contributed by atoms with Crippen molar-refractivity contribution in [3.63, 3.8) is 0 Å². The van der Waals surface area contributed by atoms with Crippen LogP contribution in [-0.4, -0.2) is 67.9 Å². The fraction of sp³-hybridized carbons (Fsp3) is 0.625. The molecule has 9 heteroatoms. The van der Waals surface area contributed by atoms with Gasteiger partial charge in [-0.25, -0.2) is 9.78 Å². The predicted octanol–water partition coefficient (Wildman–Crippen LogP) is 1.41. The van der Waals surface area contributed by atoms with Crippen LogP contribution < -0.4 is 4.90 Å². The zero-order valence-electron chi connectivity index (χ0n) is 14.8. The van der Waals surface area contributed by atoms with Gasteiger partial charge in [0.1, 0.15) is 11.9 Å². The third-order valence-electron chi connectivity index (χ3n) is 4.65. The van der Waals surface area contributed by atoms with Crippen molar-refractivity contribution in [1.82, 2.24) is 13.6 Å². The molecule has 0 saturated carbocycles. The molecule has 1 aromatic heterocycles. The van der Waals surface area contributed by atoms with E-state index in [4.69, 9.17) is 4.74 Å². The van der Waals surface area contributed by atoms with Gasteiger partial charge in [-0.1, -0.05) is 6.07 Å². The molecule has 0 aliphatic carbocycles. The van der Waals surface area contributed by atoms with Crippen LogP contribution in [0, 0.1) is 0 Å². The van der Waals surface area contributed by atoms with Crippen molar-refractivity contribution in [2.75, 3.05) is 38.6 Å². The highest BCUT2D eigenvalue weighted by molar-refractivity contribution is 7.86. The van der Waals surface area contributed by atoms with Gasteiger partial charge in [0.05, 0.1) is 6.54 Å². The number of ether oxygens (including phenoxy) is 1. The number of anilines is 1. The fourth-order valence-electron chi connectivity index (χ4n) is 3.22. The molecule has 1 amide bonds. The van der Waals surface area contributed by atoms with Crippen LogP contribution in [0.3, 0.4) is 0 Å². The number of piperidine rings is 1. The molecule has 3 heterocycles. The summed E-state index contributed by atoms with van der Waals surface area (Å²) in [4.78, 5) is 18.0. The summed E-state index contributed by atoms with van der Waals surface area (Å²) in [6.07, 6.45) is 0.913. The van der Waals surface area contributed by atoms with E-state index in [1.54, 1.807) is 25.1 Å². The standard InChI is InChI=1S/C16H24N4O4S/c1-12-11-20(16(21)24-12)15-6-4-5-14(17-15)13-7-9-19(10-8-13)25(22,23)18(2)3/h4-6,12-13H,7-11H2,1-3H3/t12-/m0/s1. The van der Waals surface area contributed by atoms with Gasteiger partial charge in [-0.2, -0.15) is 17.0 Å². The zero-order valence-corrected chi connectivity index (χ0v) is 15.6. The monoisotopic (exact) mass is 368 g/mol. The Morgan fingerprint density at radius 1 is 1.24 bits per heavy atom. The number of hydrogen-bond acceptors (Lipinski definition) is 5. The number of rotatable bonds is 4. The minimum absolute atomic E-state index is 0.141. The number of hydrogen-bond donors (Lipinski definition) is 0. The van der Waals surface area contributed by atoms with E-state index in [-0.39, 0.29) is 18.1 Å². The van der Waals surface area contributed by atoms with E-state index in [1.165, 1.54) is 8.61 Å². The molecule has 1 aromatic rings. The molecule has 0 aromatic carbocycles. The first-order valence-electron chi connectivity index (χ1n) is 8.41. The van der Waals surface area contributed by atoms with Gasteiger partial charge in [-0.15, -0.1) is 0 Å². The lowest BCUT2D eigenvalue weighted by atomic mass is 9.94. The number of carbonyl (C=O) groups excluding carboxylic acids is 1. The van der Waals surface area contributed by atoms with Gasteiger partial charge in [0.15, 0.2) is 0 Å². The Hall–Kier alpha value is -1.71. The van der Waals surface area contributed by atoms with Crippen LogP contribution in [0.4, 0.5) is 10.6 Å². The smallest absolute Gasteiger partial charge is 0.415 e. The highest BCUT2D eigenvalue weighted by Crippen LogP contribution is 2.30. The van der Waals surface area contributed by atoms with Crippen molar-refractivity contribution in [2.45, 2.75) is 31.8 Å². The van der Waals surface area contributed by atoms with Gasteiger partial charge in [-0.05, 0) is 31.9 Å². The molecule has 2 aliphatic rings. The lowest BCUT2D eigenvalue weighted by Crippen LogP contribution is -2.44. The van der Waals surface area contributed by atoms with Crippen LogP contribution in [-0.2, 0) is 14.9 Å². The third kappa shape index (κ3) is 3.63. The molecule has 0 N–H and O–H groups in total. The number of carbonyl (C=O) groups is 1. The Labute approximate surface area is 148 Å². The lowest BCUT2D eigenvalue weighted by molar-refractivity contribution is 0.150. The van der Waals surface area contributed by atoms with Gasteiger partial charge < -0.3 is 4.74 Å². The first kappa shape index (κ1) is 18.1. The molecule has 0 unspecified atom stereocenters. The molecule has 2 fully saturated rings. The summed E-state index contributed by atoms with van der Waals surface area (Å²) >= 11 is 0. The fourth-order valence-corrected chi connectivity index (χ4v) is 4.36. The van der Waals surface area contributed by atoms with Gasteiger partial charge in [-0.3, -0.25) is 4.90 Å². The maximum absolute atomic E-state index is 12.2. The number of nitrogens with zero attached hydrogens (tertiary/aromatic N) is 4. The van der Waals surface area contributed by atoms with E-state index in [2.05, 4.69) is 4.98 Å². The maximum Gasteiger partial charge on any atom is 0.415 e. The van der Waals surface area contributed by atoms with Crippen LogP contribution >= 0.6 is 0 Å². The summed E-state index contributed by atoms with van der Waals surface area (Å²) in [6.45, 7) is 3.29. The summed E-state index contributed by atoms with van der Waals surface area (Å²) in [6, 6.07) is 5.63. The highest BCUT2D eigenvalue weighted by atomic mass is 32.2. The Balaban J connectivity index is 1.70. The average Bonchev–Trinajstić information content (AvgIpc) is 2.93. The van der Waals surface area contributed by atoms with E-state index in [0.717, 1.165) is 5.69 Å². The minimum Gasteiger partial charge on any atom is -0.444 e. The Morgan fingerprint density at radius 2 is 1.92 bits per heavy atom. The molecule has 3 rings (SSSR count). The lowest BCUT2D eigenvalue weighted by Gasteiger charge is -2.32. The second-order valence-corrected chi connectivity index (χ2v) is 8.83. The SMILES string of the molecule is C[C@H]1CN(c2cccc(C3CCN(S(=O)(=O)N(C)C)CC3)n2)C(=O)O1. The molecule has 0 radical (unpaired) electrons. The van der Waals surface area contributed by atoms with Gasteiger partial charge in [0.2, 0.25) is 0 Å². The molecule has 25 heavy (non-hydrogen) atoms. The van der Waals surface area contributed by atoms with Crippen LogP contribution in [0.5, 0.6) is 0 Å². The molecule has 0 bridgehead atoms. The Morgan fingerprint density at radius 3 is 2.48 bits per heavy atom. The molecule has 138 valence electrons. The van der Waals surface area contributed by atoms with E-state index in [0.29, 0.717) is 38.3 Å². The molecule has 2 saturated heterocycles. The molecule has 2 aliphatic heterocycles. The van der Waals surface area contributed by atoms with Crippen LogP contribution in [0.1, 0.15) is 31.4 Å². The number of aromatic nitrogens is 1. The maximum atomic E-state index is 12.2. The van der Waals surface area contributed by atoms with Crippen molar-refractivity contribution in [2.24, 2.45) is 0 Å². The molecule has 8 nitrogen and oxygen atoms in total. The zero-order chi connectivity index (χ0) is 18.2. The summed E-state index contributed by atoms with van der Waals surface area (Å²) in [7, 11) is -0.275. The molecule has 0 spiro atoms. The van der Waals surface area contributed by atoms with Crippen LogP contribution in [0.2, 0.25) is 0 Å². The summed E-state index contributed by atoms with van der Waals surface area (Å²) in [5.74, 6) is 0.778. The van der Waals surface area contributed by atoms with E-state index in [1.807, 2.05) is 19.1 Å². The minimum atomic E-state index is -3.36. The van der Waals surface area contributed by atoms with Crippen LogP contribution in [0.15, 0.2) is 18.2 Å². The summed E-state index contributed by atoms with van der Waals surface area (Å²) in [5, 5.41) is 0. The summed E-state index contributed by atoms with van der Waals surface area (Å²) in [5.41, 5.74) is 0.895. The molecular formula is C16H24N4O4S. The first-order valence-corrected chi connectivity index (χ1v) is 9.81. The van der Waals surface area contributed by atoms with Gasteiger partial charge in [0, 0.05) is 38.8 Å². The van der Waals surface area contributed by atoms with Crippen molar-refractivity contribution < 1.29 is 17.9 Å². The van der Waals surface area contributed by atoms with Crippen LogP contribution in [0.25, 0.3) is 0 Å². The second-order valence-electron chi connectivity index (χ2n) is 6.69. The van der Waals surface area contributed by atoms with E-state index >= 15 is 0 Å². The first-order chi connectivity index (χ1) is 11.8. The number of amides is 1. The van der Waals surface area contributed by atoms with Crippen molar-refractivity contribution in [3.8, 4) is 0 Å². The van der Waals surface area contributed by atoms with Crippen molar-refractivity contribution in [1.29, 1.82) is 0 Å². The van der Waals surface area contributed by atoms with Gasteiger partial charge >= 0.3 is 6.09 Å².